The van der Waals surface area contributed by atoms with E-state index in [1.807, 2.05) is 12.1 Å². The number of anilines is 3. The quantitative estimate of drug-likeness (QED) is 0.325. The first kappa shape index (κ1) is 14.6. The monoisotopic (exact) mass is 252 g/mol. The number of likely N-dealkylation sites (N-methyl/N-ethyl adjacent to an activating group) is 1. The number of rotatable bonds is 7. The normalized spacial score (nSPS) is 11.5. The van der Waals surface area contributed by atoms with Crippen molar-refractivity contribution in [2.75, 3.05) is 64.1 Å². The van der Waals surface area contributed by atoms with Gasteiger partial charge in [0.05, 0.1) is 39.1 Å². The van der Waals surface area contributed by atoms with Crippen molar-refractivity contribution >= 4 is 17.1 Å². The summed E-state index contributed by atoms with van der Waals surface area (Å²) < 4.78 is 0.975. The summed E-state index contributed by atoms with van der Waals surface area (Å²) in [4.78, 5) is 0. The number of hydrogen-bond acceptors (Lipinski definition) is 4. The van der Waals surface area contributed by atoms with Crippen molar-refractivity contribution < 1.29 is 4.48 Å². The number of nitrogens with two attached hydrogens (primary N) is 2. The molecular weight excluding hydrogens is 226 g/mol. The van der Waals surface area contributed by atoms with Crippen LogP contribution in [0.3, 0.4) is 0 Å². The first-order valence-electron chi connectivity index (χ1n) is 6.28. The Morgan fingerprint density at radius 2 is 1.78 bits per heavy atom. The van der Waals surface area contributed by atoms with Gasteiger partial charge in [0.15, 0.2) is 0 Å². The molecule has 0 atom stereocenters. The fourth-order valence-corrected chi connectivity index (χ4v) is 1.55. The molecule has 0 fully saturated rings. The fraction of sp³-hybridized carbons (Fsp3) is 0.538. The van der Waals surface area contributed by atoms with Crippen molar-refractivity contribution in [3.63, 3.8) is 0 Å². The van der Waals surface area contributed by atoms with E-state index in [1.165, 1.54) is 0 Å². The Hall–Kier alpha value is -1.46. The van der Waals surface area contributed by atoms with Crippen LogP contribution in [0.4, 0.5) is 17.1 Å². The van der Waals surface area contributed by atoms with E-state index in [9.17, 15) is 0 Å². The topological polar surface area (TPSA) is 76.1 Å². The zero-order valence-corrected chi connectivity index (χ0v) is 11.7. The highest BCUT2D eigenvalue weighted by molar-refractivity contribution is 5.70. The van der Waals surface area contributed by atoms with Crippen LogP contribution >= 0.6 is 0 Å². The first-order chi connectivity index (χ1) is 8.38. The Bertz CT molecular complexity index is 370. The van der Waals surface area contributed by atoms with Gasteiger partial charge in [-0.25, -0.2) is 0 Å². The maximum absolute atomic E-state index is 5.85. The van der Waals surface area contributed by atoms with Crippen molar-refractivity contribution in [2.24, 2.45) is 0 Å². The number of benzene rings is 1. The van der Waals surface area contributed by atoms with E-state index >= 15 is 0 Å². The molecule has 0 spiro atoms. The van der Waals surface area contributed by atoms with Crippen molar-refractivity contribution in [3.8, 4) is 0 Å². The van der Waals surface area contributed by atoms with Crippen LogP contribution in [0.1, 0.15) is 0 Å². The molecule has 0 heterocycles. The maximum atomic E-state index is 5.85. The minimum atomic E-state index is 0.727. The highest BCUT2D eigenvalue weighted by atomic mass is 15.3. The molecule has 5 nitrogen and oxygen atoms in total. The number of quaternary nitrogens is 1. The van der Waals surface area contributed by atoms with Crippen molar-refractivity contribution in [1.82, 2.24) is 5.32 Å². The second kappa shape index (κ2) is 6.47. The number of nitrogens with one attached hydrogen (secondary N) is 2. The molecular formula is C13H26N5+. The van der Waals surface area contributed by atoms with Gasteiger partial charge in [0.2, 0.25) is 0 Å². The van der Waals surface area contributed by atoms with E-state index in [-0.39, 0.29) is 0 Å². The maximum Gasteiger partial charge on any atom is 0.0907 e. The Morgan fingerprint density at radius 1 is 1.06 bits per heavy atom. The van der Waals surface area contributed by atoms with Crippen LogP contribution in [0.25, 0.3) is 0 Å². The van der Waals surface area contributed by atoms with Gasteiger partial charge in [-0.1, -0.05) is 0 Å². The number of nitrogen functional groups attached to an aromatic ring is 2. The van der Waals surface area contributed by atoms with Crippen molar-refractivity contribution in [1.29, 1.82) is 0 Å². The minimum Gasteiger partial charge on any atom is -0.399 e. The van der Waals surface area contributed by atoms with Crippen LogP contribution in [0, 0.1) is 0 Å². The minimum absolute atomic E-state index is 0.727. The number of nitrogens with zero attached hydrogens (tertiary/aromatic N) is 1. The van der Waals surface area contributed by atoms with Gasteiger partial charge in [-0.05, 0) is 18.2 Å². The van der Waals surface area contributed by atoms with Crippen LogP contribution in [-0.2, 0) is 0 Å². The highest BCUT2D eigenvalue weighted by Gasteiger charge is 2.04. The molecule has 0 aliphatic carbocycles. The van der Waals surface area contributed by atoms with E-state index in [1.54, 1.807) is 6.07 Å². The molecule has 0 bridgehead atoms. The molecule has 1 rings (SSSR count). The van der Waals surface area contributed by atoms with Crippen LogP contribution in [0.5, 0.6) is 0 Å². The second-order valence-corrected chi connectivity index (χ2v) is 5.54. The molecule has 0 aliphatic heterocycles. The van der Waals surface area contributed by atoms with Crippen LogP contribution < -0.4 is 22.1 Å². The average molecular weight is 252 g/mol. The molecule has 0 radical (unpaired) electrons. The third-order valence-electron chi connectivity index (χ3n) is 2.65. The fourth-order valence-electron chi connectivity index (χ4n) is 1.55. The Balaban J connectivity index is 2.20. The summed E-state index contributed by atoms with van der Waals surface area (Å²) in [5, 5.41) is 6.67. The third-order valence-corrected chi connectivity index (χ3v) is 2.65. The van der Waals surface area contributed by atoms with Gasteiger partial charge in [-0.15, -0.1) is 0 Å². The standard InChI is InChI=1S/C13H26N5/c1-18(2,3)9-8-16-6-7-17-13-10-11(14)4-5-12(13)15/h4-5,10,16-17H,6-9,14-15H2,1-3H3/q+1. The molecule has 1 aromatic carbocycles. The molecule has 0 aliphatic rings. The highest BCUT2D eigenvalue weighted by Crippen LogP contribution is 2.20. The lowest BCUT2D eigenvalue weighted by atomic mass is 10.2. The van der Waals surface area contributed by atoms with E-state index in [0.717, 1.165) is 47.7 Å². The average Bonchev–Trinajstić information content (AvgIpc) is 2.26. The van der Waals surface area contributed by atoms with Crippen LogP contribution in [0.2, 0.25) is 0 Å². The lowest BCUT2D eigenvalue weighted by Gasteiger charge is -2.23. The molecule has 1 aromatic rings. The zero-order chi connectivity index (χ0) is 13.6. The molecule has 0 saturated heterocycles. The van der Waals surface area contributed by atoms with Gasteiger partial charge >= 0.3 is 0 Å². The van der Waals surface area contributed by atoms with E-state index in [0.29, 0.717) is 0 Å². The van der Waals surface area contributed by atoms with Gasteiger partial charge in [0.25, 0.3) is 0 Å². The summed E-state index contributed by atoms with van der Waals surface area (Å²) in [5.74, 6) is 0. The lowest BCUT2D eigenvalue weighted by Crippen LogP contribution is -2.41. The summed E-state index contributed by atoms with van der Waals surface area (Å²) in [7, 11) is 6.56. The zero-order valence-electron chi connectivity index (χ0n) is 11.7. The van der Waals surface area contributed by atoms with Crippen LogP contribution in [-0.4, -0.2) is 51.8 Å². The smallest absolute Gasteiger partial charge is 0.0907 e. The molecule has 18 heavy (non-hydrogen) atoms. The molecule has 0 unspecified atom stereocenters. The third kappa shape index (κ3) is 5.75. The Labute approximate surface area is 110 Å². The van der Waals surface area contributed by atoms with E-state index in [4.69, 9.17) is 11.5 Å². The van der Waals surface area contributed by atoms with Gasteiger partial charge in [0.1, 0.15) is 0 Å². The second-order valence-electron chi connectivity index (χ2n) is 5.54. The molecule has 0 amide bonds. The molecule has 0 saturated carbocycles. The van der Waals surface area contributed by atoms with E-state index < -0.39 is 0 Å². The predicted molar refractivity (Wildman–Crippen MR) is 79.5 cm³/mol. The summed E-state index contributed by atoms with van der Waals surface area (Å²) in [6, 6.07) is 5.49. The first-order valence-corrected chi connectivity index (χ1v) is 6.28. The lowest BCUT2D eigenvalue weighted by molar-refractivity contribution is -0.869. The summed E-state index contributed by atoms with van der Waals surface area (Å²) in [6.45, 7) is 3.87. The number of hydrogen-bond donors (Lipinski definition) is 4. The Morgan fingerprint density at radius 3 is 2.44 bits per heavy atom. The van der Waals surface area contributed by atoms with E-state index in [2.05, 4.69) is 31.8 Å². The van der Waals surface area contributed by atoms with Gasteiger partial charge in [-0.3, -0.25) is 0 Å². The predicted octanol–water partition coefficient (Wildman–Crippen LogP) is 0.559. The van der Waals surface area contributed by atoms with Crippen LogP contribution in [0.15, 0.2) is 18.2 Å². The summed E-state index contributed by atoms with van der Waals surface area (Å²) in [6.07, 6.45) is 0. The van der Waals surface area contributed by atoms with Crippen molar-refractivity contribution in [3.05, 3.63) is 18.2 Å². The van der Waals surface area contributed by atoms with Crippen molar-refractivity contribution in [2.45, 2.75) is 0 Å². The summed E-state index contributed by atoms with van der Waals surface area (Å²) >= 11 is 0. The van der Waals surface area contributed by atoms with Gasteiger partial charge < -0.3 is 26.6 Å². The van der Waals surface area contributed by atoms with Gasteiger partial charge in [-0.2, -0.15) is 0 Å². The molecule has 6 N–H and O–H groups in total. The molecule has 5 heteroatoms. The largest absolute Gasteiger partial charge is 0.399 e. The Kier molecular flexibility index (Phi) is 5.25. The molecule has 0 aromatic heterocycles. The summed E-state index contributed by atoms with van der Waals surface area (Å²) in [5.41, 5.74) is 13.9. The SMILES string of the molecule is C[N+](C)(C)CCNCCNc1cc(N)ccc1N. The molecule has 102 valence electrons. The van der Waals surface area contributed by atoms with Gasteiger partial charge in [0, 0.05) is 25.3 Å².